The van der Waals surface area contributed by atoms with Crippen molar-refractivity contribution in [2.75, 3.05) is 6.54 Å². The zero-order valence-electron chi connectivity index (χ0n) is 22.8. The monoisotopic (exact) mass is 467 g/mol. The van der Waals surface area contributed by atoms with Gasteiger partial charge in [0.1, 0.15) is 0 Å². The molecule has 0 bridgehead atoms. The first-order valence-corrected chi connectivity index (χ1v) is 14.8. The van der Waals surface area contributed by atoms with E-state index in [0.717, 1.165) is 19.4 Å². The number of allylic oxidation sites excluding steroid dienone is 2. The Morgan fingerprint density at radius 3 is 1.24 bits per heavy atom. The molecule has 0 saturated heterocycles. The summed E-state index contributed by atoms with van der Waals surface area (Å²) in [6, 6.07) is 0. The summed E-state index contributed by atoms with van der Waals surface area (Å²) in [5.74, 6) is -0.664. The van der Waals surface area contributed by atoms with E-state index in [-0.39, 0.29) is 0 Å². The van der Waals surface area contributed by atoms with Gasteiger partial charge in [-0.25, -0.2) is 0 Å². The molecular formula is C30H61NO2. The van der Waals surface area contributed by atoms with Crippen LogP contribution in [0.25, 0.3) is 0 Å². The number of carboxylic acid groups (broad SMARTS) is 1. The molecule has 3 N–H and O–H groups in total. The number of carboxylic acids is 1. The molecule has 0 aromatic rings. The Morgan fingerprint density at radius 1 is 0.545 bits per heavy atom. The Kier molecular flexibility index (Phi) is 34.7. The summed E-state index contributed by atoms with van der Waals surface area (Å²) < 4.78 is 0. The minimum Gasteiger partial charge on any atom is -0.481 e. The maximum atomic E-state index is 10.3. The molecule has 0 aliphatic carbocycles. The van der Waals surface area contributed by atoms with Gasteiger partial charge in [0.05, 0.1) is 0 Å². The van der Waals surface area contributed by atoms with Crippen molar-refractivity contribution in [2.45, 2.75) is 168 Å². The Hall–Kier alpha value is -0.830. The summed E-state index contributed by atoms with van der Waals surface area (Å²) in [5.41, 5.74) is 5.42. The Bertz CT molecular complexity index is 371. The molecule has 33 heavy (non-hydrogen) atoms. The van der Waals surface area contributed by atoms with Gasteiger partial charge in [0.2, 0.25) is 0 Å². The van der Waals surface area contributed by atoms with Crippen LogP contribution < -0.4 is 5.73 Å². The lowest BCUT2D eigenvalue weighted by atomic mass is 10.1. The second-order valence-electron chi connectivity index (χ2n) is 9.70. The van der Waals surface area contributed by atoms with Crippen LogP contribution in [0.15, 0.2) is 12.2 Å². The topological polar surface area (TPSA) is 63.3 Å². The highest BCUT2D eigenvalue weighted by molar-refractivity contribution is 5.66. The average molecular weight is 468 g/mol. The molecule has 0 amide bonds. The second-order valence-corrected chi connectivity index (χ2v) is 9.70. The van der Waals surface area contributed by atoms with Gasteiger partial charge in [-0.3, -0.25) is 4.79 Å². The normalized spacial score (nSPS) is 11.0. The SMILES string of the molecule is CCCCCCCCC=CCCCCCCCC(=O)O.CCCCCCCCCCCCN. The fraction of sp³-hybridized carbons (Fsp3) is 0.900. The summed E-state index contributed by atoms with van der Waals surface area (Å²) in [7, 11) is 0. The Morgan fingerprint density at radius 2 is 0.879 bits per heavy atom. The first-order valence-electron chi connectivity index (χ1n) is 14.8. The Balaban J connectivity index is 0. The number of nitrogens with two attached hydrogens (primary N) is 1. The fourth-order valence-corrected chi connectivity index (χ4v) is 3.98. The van der Waals surface area contributed by atoms with E-state index in [0.29, 0.717) is 6.42 Å². The van der Waals surface area contributed by atoms with Gasteiger partial charge in [0.15, 0.2) is 0 Å². The summed E-state index contributed by atoms with van der Waals surface area (Å²) >= 11 is 0. The van der Waals surface area contributed by atoms with E-state index in [4.69, 9.17) is 10.8 Å². The minimum atomic E-state index is -0.664. The van der Waals surface area contributed by atoms with Gasteiger partial charge in [-0.05, 0) is 45.1 Å². The molecule has 0 rings (SSSR count). The molecule has 0 aromatic carbocycles. The molecule has 3 heteroatoms. The number of aliphatic carboxylic acids is 1. The maximum absolute atomic E-state index is 10.3. The molecule has 0 saturated carbocycles. The first kappa shape index (κ1) is 34.3. The number of unbranched alkanes of at least 4 members (excludes halogenated alkanes) is 20. The number of hydrogen-bond acceptors (Lipinski definition) is 2. The molecule has 0 aromatic heterocycles. The third-order valence-electron chi connectivity index (χ3n) is 6.21. The number of carbonyl (C=O) groups is 1. The first-order chi connectivity index (χ1) is 16.2. The zero-order valence-corrected chi connectivity index (χ0v) is 22.8. The van der Waals surface area contributed by atoms with Crippen molar-refractivity contribution in [1.82, 2.24) is 0 Å². The van der Waals surface area contributed by atoms with Gasteiger partial charge >= 0.3 is 5.97 Å². The molecule has 0 aliphatic rings. The van der Waals surface area contributed by atoms with Crippen molar-refractivity contribution in [2.24, 2.45) is 5.73 Å². The standard InChI is InChI=1S/C18H34O2.C12H27N/c1-2-3-4-5-6-7-8-9-10-11-12-13-14-15-16-17-18(19)20;1-2-3-4-5-6-7-8-9-10-11-12-13/h9-10H,2-8,11-17H2,1H3,(H,19,20);2-13H2,1H3. The molecule has 0 heterocycles. The van der Waals surface area contributed by atoms with Crippen LogP contribution in [0.2, 0.25) is 0 Å². The van der Waals surface area contributed by atoms with Gasteiger partial charge in [-0.1, -0.05) is 135 Å². The molecule has 0 unspecified atom stereocenters. The lowest BCUT2D eigenvalue weighted by Gasteiger charge is -2.00. The highest BCUT2D eigenvalue weighted by Gasteiger charge is 1.96. The molecule has 3 nitrogen and oxygen atoms in total. The van der Waals surface area contributed by atoms with Crippen LogP contribution in [-0.2, 0) is 4.79 Å². The summed E-state index contributed by atoms with van der Waals surface area (Å²) in [5, 5.41) is 8.51. The number of hydrogen-bond donors (Lipinski definition) is 2. The zero-order chi connectivity index (χ0) is 24.7. The van der Waals surface area contributed by atoms with Crippen molar-refractivity contribution in [3.05, 3.63) is 12.2 Å². The van der Waals surface area contributed by atoms with Gasteiger partial charge in [-0.2, -0.15) is 0 Å². The largest absolute Gasteiger partial charge is 0.481 e. The van der Waals surface area contributed by atoms with Crippen LogP contribution in [0.5, 0.6) is 0 Å². The van der Waals surface area contributed by atoms with Gasteiger partial charge in [-0.15, -0.1) is 0 Å². The van der Waals surface area contributed by atoms with Crippen LogP contribution in [0.3, 0.4) is 0 Å². The van der Waals surface area contributed by atoms with E-state index >= 15 is 0 Å². The molecule has 0 radical (unpaired) electrons. The summed E-state index contributed by atoms with van der Waals surface area (Å²) in [4.78, 5) is 10.3. The highest BCUT2D eigenvalue weighted by atomic mass is 16.4. The predicted octanol–water partition coefficient (Wildman–Crippen LogP) is 9.97. The molecule has 198 valence electrons. The van der Waals surface area contributed by atoms with Gasteiger partial charge < -0.3 is 10.8 Å². The van der Waals surface area contributed by atoms with Crippen LogP contribution in [0.4, 0.5) is 0 Å². The molecule has 0 spiro atoms. The van der Waals surface area contributed by atoms with Gasteiger partial charge in [0.25, 0.3) is 0 Å². The second kappa shape index (κ2) is 33.3. The van der Waals surface area contributed by atoms with Crippen molar-refractivity contribution < 1.29 is 9.90 Å². The Labute approximate surface area is 208 Å². The summed E-state index contributed by atoms with van der Waals surface area (Å²) in [6.45, 7) is 5.40. The third kappa shape index (κ3) is 38.7. The van der Waals surface area contributed by atoms with Crippen molar-refractivity contribution in [3.8, 4) is 0 Å². The predicted molar refractivity (Wildman–Crippen MR) is 148 cm³/mol. The van der Waals surface area contributed by atoms with E-state index in [2.05, 4.69) is 26.0 Å². The minimum absolute atomic E-state index is 0.332. The van der Waals surface area contributed by atoms with Crippen LogP contribution in [-0.4, -0.2) is 17.6 Å². The lowest BCUT2D eigenvalue weighted by Crippen LogP contribution is -1.97. The molecular weight excluding hydrogens is 406 g/mol. The molecule has 0 fully saturated rings. The lowest BCUT2D eigenvalue weighted by molar-refractivity contribution is -0.137. The third-order valence-corrected chi connectivity index (χ3v) is 6.21. The van der Waals surface area contributed by atoms with Gasteiger partial charge in [0, 0.05) is 6.42 Å². The quantitative estimate of drug-likeness (QED) is 0.104. The van der Waals surface area contributed by atoms with Crippen LogP contribution in [0, 0.1) is 0 Å². The average Bonchev–Trinajstić information content (AvgIpc) is 2.81. The van der Waals surface area contributed by atoms with E-state index in [1.165, 1.54) is 135 Å². The van der Waals surface area contributed by atoms with E-state index in [9.17, 15) is 4.79 Å². The van der Waals surface area contributed by atoms with Crippen LogP contribution in [0.1, 0.15) is 168 Å². The van der Waals surface area contributed by atoms with Crippen LogP contribution >= 0.6 is 0 Å². The van der Waals surface area contributed by atoms with Crippen molar-refractivity contribution in [3.63, 3.8) is 0 Å². The smallest absolute Gasteiger partial charge is 0.303 e. The van der Waals surface area contributed by atoms with E-state index in [1.54, 1.807) is 0 Å². The van der Waals surface area contributed by atoms with E-state index < -0.39 is 5.97 Å². The molecule has 0 aliphatic heterocycles. The fourth-order valence-electron chi connectivity index (χ4n) is 3.98. The highest BCUT2D eigenvalue weighted by Crippen LogP contribution is 2.11. The van der Waals surface area contributed by atoms with E-state index in [1.807, 2.05) is 0 Å². The maximum Gasteiger partial charge on any atom is 0.303 e. The van der Waals surface area contributed by atoms with Crippen molar-refractivity contribution in [1.29, 1.82) is 0 Å². The summed E-state index contributed by atoms with van der Waals surface area (Å²) in [6.07, 6.45) is 35.2. The van der Waals surface area contributed by atoms with Crippen molar-refractivity contribution >= 4 is 5.97 Å². The molecule has 0 atom stereocenters. The number of rotatable bonds is 25.